The average molecular weight is 198 g/mol. The van der Waals surface area contributed by atoms with Crippen LogP contribution in [0.2, 0.25) is 0 Å². The third kappa shape index (κ3) is 2.25. The van der Waals surface area contributed by atoms with Crippen molar-refractivity contribution in [3.63, 3.8) is 0 Å². The Morgan fingerprint density at radius 1 is 1.43 bits per heavy atom. The second kappa shape index (κ2) is 4.28. The molecule has 2 fully saturated rings. The van der Waals surface area contributed by atoms with Crippen molar-refractivity contribution in [2.24, 2.45) is 0 Å². The summed E-state index contributed by atoms with van der Waals surface area (Å²) >= 11 is 0. The lowest BCUT2D eigenvalue weighted by atomic mass is 10.0. The highest BCUT2D eigenvalue weighted by Crippen LogP contribution is 2.28. The van der Waals surface area contributed by atoms with E-state index in [0.29, 0.717) is 12.1 Å². The molecule has 0 aliphatic carbocycles. The van der Waals surface area contributed by atoms with Crippen molar-refractivity contribution in [2.45, 2.75) is 43.9 Å². The van der Waals surface area contributed by atoms with Crippen molar-refractivity contribution in [3.05, 3.63) is 0 Å². The van der Waals surface area contributed by atoms with E-state index in [1.54, 1.807) is 7.05 Å². The Morgan fingerprint density at radius 3 is 2.64 bits per heavy atom. The van der Waals surface area contributed by atoms with Gasteiger partial charge in [-0.3, -0.25) is 4.79 Å². The summed E-state index contributed by atoms with van der Waals surface area (Å²) in [6.07, 6.45) is 4.95. The van der Waals surface area contributed by atoms with Gasteiger partial charge < -0.3 is 15.4 Å². The van der Waals surface area contributed by atoms with Crippen LogP contribution in [0, 0.1) is 0 Å². The quantitative estimate of drug-likeness (QED) is 0.673. The van der Waals surface area contributed by atoms with E-state index in [0.717, 1.165) is 12.8 Å². The van der Waals surface area contributed by atoms with E-state index in [-0.39, 0.29) is 18.6 Å². The van der Waals surface area contributed by atoms with Gasteiger partial charge in [0.1, 0.15) is 6.61 Å². The van der Waals surface area contributed by atoms with Crippen LogP contribution in [-0.2, 0) is 9.53 Å². The minimum absolute atomic E-state index is 0.0316. The van der Waals surface area contributed by atoms with Gasteiger partial charge in [0.2, 0.25) is 5.91 Å². The zero-order valence-corrected chi connectivity index (χ0v) is 8.58. The average Bonchev–Trinajstić information content (AvgIpc) is 2.54. The topological polar surface area (TPSA) is 50.4 Å². The van der Waals surface area contributed by atoms with Gasteiger partial charge in [-0.05, 0) is 25.7 Å². The molecule has 0 spiro atoms. The summed E-state index contributed by atoms with van der Waals surface area (Å²) in [4.78, 5) is 11.0. The second-order valence-corrected chi connectivity index (χ2v) is 4.22. The minimum atomic E-state index is -0.0316. The van der Waals surface area contributed by atoms with Crippen molar-refractivity contribution in [3.8, 4) is 0 Å². The van der Waals surface area contributed by atoms with Gasteiger partial charge >= 0.3 is 0 Å². The molecule has 0 aromatic heterocycles. The Hall–Kier alpha value is -0.610. The highest BCUT2D eigenvalue weighted by molar-refractivity contribution is 5.76. The van der Waals surface area contributed by atoms with Crippen LogP contribution in [0.1, 0.15) is 25.7 Å². The number of hydrogen-bond donors (Lipinski definition) is 2. The summed E-state index contributed by atoms with van der Waals surface area (Å²) in [5.41, 5.74) is 0. The van der Waals surface area contributed by atoms with E-state index in [4.69, 9.17) is 4.74 Å². The zero-order chi connectivity index (χ0) is 9.97. The summed E-state index contributed by atoms with van der Waals surface area (Å²) in [6.45, 7) is 0.209. The van der Waals surface area contributed by atoms with Gasteiger partial charge in [-0.2, -0.15) is 0 Å². The van der Waals surface area contributed by atoms with Gasteiger partial charge in [0.05, 0.1) is 6.10 Å². The van der Waals surface area contributed by atoms with Crippen molar-refractivity contribution >= 4 is 5.91 Å². The first-order valence-electron chi connectivity index (χ1n) is 5.36. The fourth-order valence-corrected chi connectivity index (χ4v) is 2.41. The molecule has 2 heterocycles. The highest BCUT2D eigenvalue weighted by Gasteiger charge is 2.33. The summed E-state index contributed by atoms with van der Waals surface area (Å²) in [7, 11) is 1.64. The largest absolute Gasteiger partial charge is 0.368 e. The predicted octanol–water partition coefficient (Wildman–Crippen LogP) is 0.0320. The number of carbonyl (C=O) groups excluding carboxylic acids is 1. The number of amides is 1. The number of nitrogens with one attached hydrogen (secondary N) is 2. The van der Waals surface area contributed by atoms with Crippen LogP contribution >= 0.6 is 0 Å². The van der Waals surface area contributed by atoms with Gasteiger partial charge in [-0.1, -0.05) is 0 Å². The van der Waals surface area contributed by atoms with Gasteiger partial charge in [-0.25, -0.2) is 0 Å². The fraction of sp³-hybridized carbons (Fsp3) is 0.900. The van der Waals surface area contributed by atoms with Crippen LogP contribution in [0.3, 0.4) is 0 Å². The van der Waals surface area contributed by atoms with Crippen LogP contribution in [0.25, 0.3) is 0 Å². The normalized spacial score (nSPS) is 35.6. The number of carbonyl (C=O) groups is 1. The molecule has 2 saturated heterocycles. The van der Waals surface area contributed by atoms with E-state index < -0.39 is 0 Å². The molecule has 0 saturated carbocycles. The third-order valence-electron chi connectivity index (χ3n) is 3.16. The van der Waals surface area contributed by atoms with Crippen molar-refractivity contribution < 1.29 is 9.53 Å². The summed E-state index contributed by atoms with van der Waals surface area (Å²) < 4.78 is 5.56. The fourth-order valence-electron chi connectivity index (χ4n) is 2.41. The molecule has 2 rings (SSSR count). The minimum Gasteiger partial charge on any atom is -0.368 e. The Balaban J connectivity index is 1.74. The second-order valence-electron chi connectivity index (χ2n) is 4.22. The molecule has 2 unspecified atom stereocenters. The Morgan fingerprint density at radius 2 is 2.07 bits per heavy atom. The molecule has 0 aromatic rings. The lowest BCUT2D eigenvalue weighted by Crippen LogP contribution is -2.42. The molecule has 2 N–H and O–H groups in total. The molecule has 1 amide bonds. The molecule has 4 nitrogen and oxygen atoms in total. The summed E-state index contributed by atoms with van der Waals surface area (Å²) in [5, 5.41) is 6.10. The Bertz CT molecular complexity index is 208. The smallest absolute Gasteiger partial charge is 0.245 e. The van der Waals surface area contributed by atoms with Crippen LogP contribution in [0.5, 0.6) is 0 Å². The van der Waals surface area contributed by atoms with E-state index in [9.17, 15) is 4.79 Å². The molecule has 4 heteroatoms. The molecule has 0 radical (unpaired) electrons. The number of piperidine rings is 1. The zero-order valence-electron chi connectivity index (χ0n) is 8.58. The van der Waals surface area contributed by atoms with E-state index in [1.807, 2.05) is 0 Å². The maximum absolute atomic E-state index is 11.0. The standard InChI is InChI=1S/C10H18N2O2/c1-11-10(13)6-14-9-4-7-2-3-8(5-9)12-7/h7-9,12H,2-6H2,1H3,(H,11,13). The van der Waals surface area contributed by atoms with E-state index in [1.165, 1.54) is 12.8 Å². The molecule has 80 valence electrons. The Labute approximate surface area is 84.4 Å². The number of hydrogen-bond acceptors (Lipinski definition) is 3. The van der Waals surface area contributed by atoms with Crippen molar-refractivity contribution in [1.82, 2.24) is 10.6 Å². The predicted molar refractivity (Wildman–Crippen MR) is 53.0 cm³/mol. The summed E-state index contributed by atoms with van der Waals surface area (Å²) in [5.74, 6) is -0.0316. The van der Waals surface area contributed by atoms with Crippen molar-refractivity contribution in [1.29, 1.82) is 0 Å². The lowest BCUT2D eigenvalue weighted by molar-refractivity contribution is -0.128. The third-order valence-corrected chi connectivity index (χ3v) is 3.16. The number of fused-ring (bicyclic) bond motifs is 2. The number of likely N-dealkylation sites (N-methyl/N-ethyl adjacent to an activating group) is 1. The van der Waals surface area contributed by atoms with Gasteiger partial charge in [0.15, 0.2) is 0 Å². The number of rotatable bonds is 3. The molecule has 2 bridgehead atoms. The van der Waals surface area contributed by atoms with Crippen LogP contribution in [0.4, 0.5) is 0 Å². The molecule has 14 heavy (non-hydrogen) atoms. The van der Waals surface area contributed by atoms with Gasteiger partial charge in [-0.15, -0.1) is 0 Å². The first-order chi connectivity index (χ1) is 6.78. The van der Waals surface area contributed by atoms with Gasteiger partial charge in [0.25, 0.3) is 0 Å². The molecule has 2 aliphatic rings. The van der Waals surface area contributed by atoms with Crippen molar-refractivity contribution in [2.75, 3.05) is 13.7 Å². The SMILES string of the molecule is CNC(=O)COC1CC2CCC(C1)N2. The van der Waals surface area contributed by atoms with E-state index in [2.05, 4.69) is 10.6 Å². The van der Waals surface area contributed by atoms with Crippen LogP contribution < -0.4 is 10.6 Å². The summed E-state index contributed by atoms with van der Waals surface area (Å²) in [6, 6.07) is 1.26. The maximum Gasteiger partial charge on any atom is 0.245 e. The lowest BCUT2D eigenvalue weighted by Gasteiger charge is -2.28. The molecular weight excluding hydrogens is 180 g/mol. The van der Waals surface area contributed by atoms with Crippen LogP contribution in [-0.4, -0.2) is 37.7 Å². The van der Waals surface area contributed by atoms with Gasteiger partial charge in [0, 0.05) is 19.1 Å². The molecular formula is C10H18N2O2. The Kier molecular flexibility index (Phi) is 3.03. The molecule has 0 aromatic carbocycles. The molecule has 2 atom stereocenters. The molecule has 2 aliphatic heterocycles. The maximum atomic E-state index is 11.0. The number of ether oxygens (including phenoxy) is 1. The highest BCUT2D eigenvalue weighted by atomic mass is 16.5. The first-order valence-corrected chi connectivity index (χ1v) is 5.36. The van der Waals surface area contributed by atoms with Crippen LogP contribution in [0.15, 0.2) is 0 Å². The first kappa shape index (κ1) is 9.93. The van der Waals surface area contributed by atoms with E-state index >= 15 is 0 Å². The monoisotopic (exact) mass is 198 g/mol.